The molecule has 0 aliphatic rings. The van der Waals surface area contributed by atoms with Crippen molar-refractivity contribution in [3.05, 3.63) is 60.7 Å². The number of hydrogen-bond acceptors (Lipinski definition) is 2. The van der Waals surface area contributed by atoms with Crippen LogP contribution in [0.1, 0.15) is 5.56 Å². The highest BCUT2D eigenvalue weighted by molar-refractivity contribution is 5.57. The van der Waals surface area contributed by atoms with Crippen LogP contribution < -0.4 is 9.47 Å². The zero-order valence-corrected chi connectivity index (χ0v) is 9.72. The highest BCUT2D eigenvalue weighted by Gasteiger charge is 2.06. The van der Waals surface area contributed by atoms with Crippen molar-refractivity contribution in [1.82, 2.24) is 0 Å². The van der Waals surface area contributed by atoms with Crippen LogP contribution >= 0.6 is 0 Å². The third-order valence-electron chi connectivity index (χ3n) is 2.43. The standard InChI is InChI=1S/C15H14O2/c1-3-12-8-4-5-9-13(12)17-15-11-7-6-10-14(15)16-2/h3-11H,1H2,2H3. The molecule has 0 amide bonds. The van der Waals surface area contributed by atoms with E-state index in [0.717, 1.165) is 11.3 Å². The zero-order chi connectivity index (χ0) is 12.1. The number of rotatable bonds is 4. The Morgan fingerprint density at radius 1 is 0.882 bits per heavy atom. The van der Waals surface area contributed by atoms with Crippen LogP contribution in [0.2, 0.25) is 0 Å². The second-order valence-corrected chi connectivity index (χ2v) is 3.49. The van der Waals surface area contributed by atoms with Gasteiger partial charge in [0, 0.05) is 5.56 Å². The van der Waals surface area contributed by atoms with Crippen LogP contribution in [-0.2, 0) is 0 Å². The molecule has 0 bridgehead atoms. The van der Waals surface area contributed by atoms with Crippen LogP contribution in [0.25, 0.3) is 6.08 Å². The summed E-state index contributed by atoms with van der Waals surface area (Å²) in [5, 5.41) is 0. The van der Waals surface area contributed by atoms with E-state index in [-0.39, 0.29) is 0 Å². The lowest BCUT2D eigenvalue weighted by atomic mass is 10.2. The molecule has 0 unspecified atom stereocenters. The first-order valence-corrected chi connectivity index (χ1v) is 5.37. The SMILES string of the molecule is C=Cc1ccccc1Oc1ccccc1OC. The largest absolute Gasteiger partial charge is 0.493 e. The smallest absolute Gasteiger partial charge is 0.169 e. The van der Waals surface area contributed by atoms with Gasteiger partial charge >= 0.3 is 0 Å². The summed E-state index contributed by atoms with van der Waals surface area (Å²) in [5.74, 6) is 2.18. The van der Waals surface area contributed by atoms with Gasteiger partial charge in [-0.3, -0.25) is 0 Å². The molecule has 0 aliphatic carbocycles. The molecule has 2 nitrogen and oxygen atoms in total. The molecule has 2 rings (SSSR count). The fraction of sp³-hybridized carbons (Fsp3) is 0.0667. The van der Waals surface area contributed by atoms with Crippen molar-refractivity contribution in [3.8, 4) is 17.2 Å². The molecule has 0 saturated carbocycles. The van der Waals surface area contributed by atoms with E-state index in [0.29, 0.717) is 11.5 Å². The molecular formula is C15H14O2. The average molecular weight is 226 g/mol. The van der Waals surface area contributed by atoms with E-state index in [2.05, 4.69) is 6.58 Å². The molecule has 0 spiro atoms. The summed E-state index contributed by atoms with van der Waals surface area (Å²) in [6.45, 7) is 3.76. The first kappa shape index (κ1) is 11.3. The van der Waals surface area contributed by atoms with E-state index < -0.39 is 0 Å². The molecule has 2 aromatic carbocycles. The van der Waals surface area contributed by atoms with Gasteiger partial charge in [-0.2, -0.15) is 0 Å². The molecule has 0 heterocycles. The predicted molar refractivity (Wildman–Crippen MR) is 69.6 cm³/mol. The van der Waals surface area contributed by atoms with Crippen LogP contribution in [0.4, 0.5) is 0 Å². The molecule has 0 aliphatic heterocycles. The van der Waals surface area contributed by atoms with Crippen molar-refractivity contribution in [2.45, 2.75) is 0 Å². The summed E-state index contributed by atoms with van der Waals surface area (Å²) in [6.07, 6.45) is 1.77. The van der Waals surface area contributed by atoms with Crippen LogP contribution in [-0.4, -0.2) is 7.11 Å². The lowest BCUT2D eigenvalue weighted by Crippen LogP contribution is -1.91. The topological polar surface area (TPSA) is 18.5 Å². The maximum atomic E-state index is 5.83. The molecule has 86 valence electrons. The summed E-state index contributed by atoms with van der Waals surface area (Å²) < 4.78 is 11.1. The predicted octanol–water partition coefficient (Wildman–Crippen LogP) is 4.13. The molecule has 2 aromatic rings. The lowest BCUT2D eigenvalue weighted by Gasteiger charge is -2.11. The molecular weight excluding hydrogens is 212 g/mol. The highest BCUT2D eigenvalue weighted by atomic mass is 16.5. The third kappa shape index (κ3) is 2.48. The Labute approximate surface area is 101 Å². The Morgan fingerprint density at radius 2 is 1.47 bits per heavy atom. The Balaban J connectivity index is 2.34. The van der Waals surface area contributed by atoms with Gasteiger partial charge in [0.05, 0.1) is 7.11 Å². The zero-order valence-electron chi connectivity index (χ0n) is 9.72. The minimum atomic E-state index is 0.698. The average Bonchev–Trinajstić information content (AvgIpc) is 2.40. The second-order valence-electron chi connectivity index (χ2n) is 3.49. The minimum Gasteiger partial charge on any atom is -0.493 e. The first-order chi connectivity index (χ1) is 8.35. The van der Waals surface area contributed by atoms with E-state index in [1.807, 2.05) is 48.5 Å². The van der Waals surface area contributed by atoms with Gasteiger partial charge in [0.25, 0.3) is 0 Å². The summed E-state index contributed by atoms with van der Waals surface area (Å²) in [7, 11) is 1.63. The van der Waals surface area contributed by atoms with Crippen molar-refractivity contribution in [3.63, 3.8) is 0 Å². The highest BCUT2D eigenvalue weighted by Crippen LogP contribution is 2.32. The number of benzene rings is 2. The minimum absolute atomic E-state index is 0.698. The van der Waals surface area contributed by atoms with Crippen LogP contribution in [0.15, 0.2) is 55.1 Å². The van der Waals surface area contributed by atoms with Crippen molar-refractivity contribution in [1.29, 1.82) is 0 Å². The number of methoxy groups -OCH3 is 1. The molecule has 0 N–H and O–H groups in total. The number of para-hydroxylation sites is 3. The molecule has 0 atom stereocenters. The maximum Gasteiger partial charge on any atom is 0.169 e. The summed E-state index contributed by atoms with van der Waals surface area (Å²) in [4.78, 5) is 0. The van der Waals surface area contributed by atoms with Gasteiger partial charge < -0.3 is 9.47 Å². The van der Waals surface area contributed by atoms with Crippen LogP contribution in [0, 0.1) is 0 Å². The van der Waals surface area contributed by atoms with Gasteiger partial charge in [-0.25, -0.2) is 0 Å². The Hall–Kier alpha value is -2.22. The Kier molecular flexibility index (Phi) is 3.46. The maximum absolute atomic E-state index is 5.83. The molecule has 0 radical (unpaired) electrons. The fourth-order valence-electron chi connectivity index (χ4n) is 1.56. The van der Waals surface area contributed by atoms with Gasteiger partial charge in [-0.05, 0) is 18.2 Å². The van der Waals surface area contributed by atoms with Crippen molar-refractivity contribution >= 4 is 6.08 Å². The Bertz CT molecular complexity index is 518. The van der Waals surface area contributed by atoms with Gasteiger partial charge in [-0.15, -0.1) is 0 Å². The normalized spacial score (nSPS) is 9.71. The summed E-state index contributed by atoms with van der Waals surface area (Å²) in [6, 6.07) is 15.3. The Morgan fingerprint density at radius 3 is 2.12 bits per heavy atom. The van der Waals surface area contributed by atoms with E-state index in [1.54, 1.807) is 13.2 Å². The molecule has 2 heteroatoms. The first-order valence-electron chi connectivity index (χ1n) is 5.37. The summed E-state index contributed by atoms with van der Waals surface area (Å²) >= 11 is 0. The van der Waals surface area contributed by atoms with E-state index in [9.17, 15) is 0 Å². The van der Waals surface area contributed by atoms with E-state index in [1.165, 1.54) is 0 Å². The number of ether oxygens (including phenoxy) is 2. The summed E-state index contributed by atoms with van der Waals surface area (Å²) in [5.41, 5.74) is 0.957. The fourth-order valence-corrected chi connectivity index (χ4v) is 1.56. The van der Waals surface area contributed by atoms with Gasteiger partial charge in [-0.1, -0.05) is 43.0 Å². The van der Waals surface area contributed by atoms with Crippen molar-refractivity contribution in [2.75, 3.05) is 7.11 Å². The van der Waals surface area contributed by atoms with Crippen LogP contribution in [0.5, 0.6) is 17.2 Å². The molecule has 0 aromatic heterocycles. The lowest BCUT2D eigenvalue weighted by molar-refractivity contribution is 0.378. The second kappa shape index (κ2) is 5.21. The van der Waals surface area contributed by atoms with Gasteiger partial charge in [0.1, 0.15) is 5.75 Å². The molecule has 0 saturated heterocycles. The van der Waals surface area contributed by atoms with Crippen molar-refractivity contribution < 1.29 is 9.47 Å². The number of hydrogen-bond donors (Lipinski definition) is 0. The monoisotopic (exact) mass is 226 g/mol. The van der Waals surface area contributed by atoms with Gasteiger partial charge in [0.2, 0.25) is 0 Å². The van der Waals surface area contributed by atoms with E-state index in [4.69, 9.17) is 9.47 Å². The quantitative estimate of drug-likeness (QED) is 0.780. The van der Waals surface area contributed by atoms with Gasteiger partial charge in [0.15, 0.2) is 11.5 Å². The van der Waals surface area contributed by atoms with Crippen LogP contribution in [0.3, 0.4) is 0 Å². The molecule has 17 heavy (non-hydrogen) atoms. The third-order valence-corrected chi connectivity index (χ3v) is 2.43. The van der Waals surface area contributed by atoms with Crippen molar-refractivity contribution in [2.24, 2.45) is 0 Å². The van der Waals surface area contributed by atoms with E-state index >= 15 is 0 Å². The molecule has 0 fully saturated rings.